The third kappa shape index (κ3) is 4.10. The summed E-state index contributed by atoms with van der Waals surface area (Å²) in [5, 5.41) is 0. The average molecular weight is 357 g/mol. The normalized spacial score (nSPS) is 11.7. The quantitative estimate of drug-likeness (QED) is 0.370. The van der Waals surface area contributed by atoms with Crippen LogP contribution in [0.15, 0.2) is 54.6 Å². The van der Waals surface area contributed by atoms with E-state index in [9.17, 15) is 0 Å². The lowest BCUT2D eigenvalue weighted by atomic mass is 10.3. The van der Waals surface area contributed by atoms with Crippen LogP contribution in [0, 0.1) is 0 Å². The summed E-state index contributed by atoms with van der Waals surface area (Å²) < 4.78 is 0. The largest absolute Gasteiger partial charge is 0.355 e. The van der Waals surface area contributed by atoms with Crippen LogP contribution in [-0.4, -0.2) is 46.0 Å². The first kappa shape index (κ1) is 17.1. The molecule has 0 aliphatic carbocycles. The Morgan fingerprint density at radius 1 is 0.630 bits per heavy atom. The van der Waals surface area contributed by atoms with Crippen LogP contribution in [-0.2, 0) is 0 Å². The van der Waals surface area contributed by atoms with Crippen LogP contribution in [0.25, 0.3) is 45.3 Å². The molecule has 4 aromatic heterocycles. The van der Waals surface area contributed by atoms with Gasteiger partial charge in [0, 0.05) is 27.6 Å². The maximum absolute atomic E-state index is 4.68. The van der Waals surface area contributed by atoms with Crippen molar-refractivity contribution in [3.63, 3.8) is 0 Å². The average Bonchev–Trinajstić information content (AvgIpc) is 3.36. The summed E-state index contributed by atoms with van der Waals surface area (Å²) in [6, 6.07) is 18.7. The summed E-state index contributed by atoms with van der Waals surface area (Å²) in [6.07, 6.45) is 4.07. The molecule has 0 fully saturated rings. The van der Waals surface area contributed by atoms with Gasteiger partial charge in [-0.05, 0) is 87.9 Å². The molecular formula is C22H23N5. The van der Waals surface area contributed by atoms with E-state index in [1.165, 1.54) is 0 Å². The van der Waals surface area contributed by atoms with Gasteiger partial charge in [-0.3, -0.25) is 0 Å². The topological polar surface area (TPSA) is 63.5 Å². The number of aromatic amines is 3. The molecule has 5 rings (SSSR count). The van der Waals surface area contributed by atoms with Crippen molar-refractivity contribution in [2.24, 2.45) is 0 Å². The minimum Gasteiger partial charge on any atom is -0.355 e. The Kier molecular flexibility index (Phi) is 4.52. The molecule has 0 saturated carbocycles. The van der Waals surface area contributed by atoms with Gasteiger partial charge < -0.3 is 19.9 Å². The van der Waals surface area contributed by atoms with E-state index < -0.39 is 0 Å². The minimum absolute atomic E-state index is 0.949. The fourth-order valence-electron chi connectivity index (χ4n) is 2.94. The molecule has 5 nitrogen and oxygen atoms in total. The summed E-state index contributed by atoms with van der Waals surface area (Å²) in [6.45, 7) is 0. The zero-order chi connectivity index (χ0) is 18.8. The van der Waals surface area contributed by atoms with Crippen molar-refractivity contribution in [2.75, 3.05) is 21.1 Å². The van der Waals surface area contributed by atoms with Gasteiger partial charge in [0.25, 0.3) is 0 Å². The van der Waals surface area contributed by atoms with E-state index in [2.05, 4.69) is 74.5 Å². The minimum atomic E-state index is 0.949. The number of hydrogen-bond acceptors (Lipinski definition) is 2. The predicted molar refractivity (Wildman–Crippen MR) is 115 cm³/mol. The van der Waals surface area contributed by atoms with E-state index in [0.717, 1.165) is 44.5 Å². The van der Waals surface area contributed by atoms with Gasteiger partial charge in [0.15, 0.2) is 0 Å². The molecular weight excluding hydrogens is 334 g/mol. The van der Waals surface area contributed by atoms with Gasteiger partial charge in [-0.15, -0.1) is 0 Å². The van der Waals surface area contributed by atoms with Crippen molar-refractivity contribution in [1.82, 2.24) is 24.8 Å². The van der Waals surface area contributed by atoms with E-state index in [1.807, 2.05) is 38.2 Å². The SMILES string of the molecule is C1=Cc2nc1cc1ccc(cc3ccc(cc4ccc2[nH]4)[nH]3)[nH]1.CN(C)C. The smallest absolute Gasteiger partial charge is 0.0872 e. The molecule has 0 atom stereocenters. The van der Waals surface area contributed by atoms with Gasteiger partial charge in [-0.25, -0.2) is 4.98 Å². The van der Waals surface area contributed by atoms with Crippen LogP contribution >= 0.6 is 0 Å². The van der Waals surface area contributed by atoms with Gasteiger partial charge in [0.05, 0.1) is 16.9 Å². The molecule has 27 heavy (non-hydrogen) atoms. The fourth-order valence-corrected chi connectivity index (χ4v) is 2.94. The van der Waals surface area contributed by atoms with Crippen LogP contribution in [0.4, 0.5) is 0 Å². The van der Waals surface area contributed by atoms with Crippen LogP contribution in [0.2, 0.25) is 0 Å². The molecule has 1 aliphatic rings. The molecule has 1 aliphatic heterocycles. The van der Waals surface area contributed by atoms with Gasteiger partial charge in [0.2, 0.25) is 0 Å². The van der Waals surface area contributed by atoms with E-state index in [0.29, 0.717) is 0 Å². The first-order valence-corrected chi connectivity index (χ1v) is 8.91. The van der Waals surface area contributed by atoms with Gasteiger partial charge in [-0.2, -0.15) is 0 Å². The molecule has 8 bridgehead atoms. The predicted octanol–water partition coefficient (Wildman–Crippen LogP) is 4.87. The Bertz CT molecular complexity index is 1220. The van der Waals surface area contributed by atoms with Crippen LogP contribution < -0.4 is 0 Å². The Labute approximate surface area is 157 Å². The number of aromatic nitrogens is 4. The second-order valence-electron chi connectivity index (χ2n) is 7.10. The highest BCUT2D eigenvalue weighted by Crippen LogP contribution is 2.18. The lowest BCUT2D eigenvalue weighted by Gasteiger charge is -1.90. The Morgan fingerprint density at radius 2 is 1.11 bits per heavy atom. The molecule has 136 valence electrons. The summed E-state index contributed by atoms with van der Waals surface area (Å²) in [4.78, 5) is 16.9. The molecule has 3 N–H and O–H groups in total. The summed E-state index contributed by atoms with van der Waals surface area (Å²) in [7, 11) is 6.00. The third-order valence-electron chi connectivity index (χ3n) is 4.03. The van der Waals surface area contributed by atoms with Crippen molar-refractivity contribution in [2.45, 2.75) is 0 Å². The standard InChI is InChI=1S/C19H14N4.C3H9N/c1-3-14-10-16-5-7-18(22-16)19-8-6-17(23-19)11-15-4-2-13(21-15)9-12(1)20-14;1-4(2)3/h1-11,20-22H;1-3H3. The highest BCUT2D eigenvalue weighted by molar-refractivity contribution is 5.81. The maximum Gasteiger partial charge on any atom is 0.0872 e. The number of H-pyrrole nitrogens is 3. The monoisotopic (exact) mass is 357 g/mol. The van der Waals surface area contributed by atoms with Crippen molar-refractivity contribution >= 4 is 45.3 Å². The Morgan fingerprint density at radius 3 is 1.70 bits per heavy atom. The summed E-state index contributed by atoms with van der Waals surface area (Å²) in [5.74, 6) is 0. The highest BCUT2D eigenvalue weighted by atomic mass is 15.0. The zero-order valence-electron chi connectivity index (χ0n) is 15.7. The lowest BCUT2D eigenvalue weighted by molar-refractivity contribution is 0.505. The van der Waals surface area contributed by atoms with Crippen LogP contribution in [0.3, 0.4) is 0 Å². The van der Waals surface area contributed by atoms with Gasteiger partial charge >= 0.3 is 0 Å². The molecule has 0 unspecified atom stereocenters. The highest BCUT2D eigenvalue weighted by Gasteiger charge is 2.02. The second-order valence-corrected chi connectivity index (χ2v) is 7.10. The van der Waals surface area contributed by atoms with E-state index >= 15 is 0 Å². The zero-order valence-corrected chi connectivity index (χ0v) is 15.7. The molecule has 0 spiro atoms. The van der Waals surface area contributed by atoms with E-state index in [1.54, 1.807) is 0 Å². The van der Waals surface area contributed by atoms with Crippen LogP contribution in [0.1, 0.15) is 11.4 Å². The summed E-state index contributed by atoms with van der Waals surface area (Å²) in [5.41, 5.74) is 8.22. The molecule has 0 saturated heterocycles. The Hall–Kier alpha value is -3.31. The number of nitrogens with zero attached hydrogens (tertiary/aromatic N) is 2. The van der Waals surface area contributed by atoms with Crippen LogP contribution in [0.5, 0.6) is 0 Å². The van der Waals surface area contributed by atoms with Gasteiger partial charge in [-0.1, -0.05) is 0 Å². The third-order valence-corrected chi connectivity index (χ3v) is 4.03. The van der Waals surface area contributed by atoms with Crippen molar-refractivity contribution < 1.29 is 0 Å². The molecule has 4 aromatic rings. The first-order valence-electron chi connectivity index (χ1n) is 8.91. The van der Waals surface area contributed by atoms with Crippen molar-refractivity contribution in [3.8, 4) is 0 Å². The molecule has 5 heteroatoms. The molecule has 0 aromatic carbocycles. The number of fused-ring (bicyclic) bond motifs is 9. The Balaban J connectivity index is 0.000000413. The lowest BCUT2D eigenvalue weighted by Crippen LogP contribution is -1.99. The molecule has 0 amide bonds. The number of rotatable bonds is 0. The van der Waals surface area contributed by atoms with Crippen molar-refractivity contribution in [3.05, 3.63) is 66.0 Å². The van der Waals surface area contributed by atoms with E-state index in [-0.39, 0.29) is 0 Å². The summed E-state index contributed by atoms with van der Waals surface area (Å²) >= 11 is 0. The number of hydrogen-bond donors (Lipinski definition) is 3. The molecule has 5 heterocycles. The van der Waals surface area contributed by atoms with Crippen molar-refractivity contribution in [1.29, 1.82) is 0 Å². The maximum atomic E-state index is 4.68. The molecule has 0 radical (unpaired) electrons. The second kappa shape index (κ2) is 7.13. The number of nitrogens with one attached hydrogen (secondary N) is 3. The van der Waals surface area contributed by atoms with E-state index in [4.69, 9.17) is 0 Å². The van der Waals surface area contributed by atoms with Gasteiger partial charge in [0.1, 0.15) is 0 Å². The fraction of sp³-hybridized carbons (Fsp3) is 0.136. The first-order chi connectivity index (χ1) is 13.0.